The van der Waals surface area contributed by atoms with Gasteiger partial charge in [0.05, 0.1) is 10.3 Å². The van der Waals surface area contributed by atoms with Crippen LogP contribution in [-0.4, -0.2) is 27.1 Å². The van der Waals surface area contributed by atoms with Gasteiger partial charge in [-0.05, 0) is 38.8 Å². The van der Waals surface area contributed by atoms with Crippen LogP contribution in [0.5, 0.6) is 0 Å². The van der Waals surface area contributed by atoms with Crippen LogP contribution in [0, 0.1) is 5.41 Å². The summed E-state index contributed by atoms with van der Waals surface area (Å²) in [6.45, 7) is 7.14. The molecule has 0 fully saturated rings. The second-order valence-corrected chi connectivity index (χ2v) is 7.11. The van der Waals surface area contributed by atoms with Crippen LogP contribution >= 0.6 is 0 Å². The van der Waals surface area contributed by atoms with E-state index in [4.69, 9.17) is 8.92 Å². The molecule has 1 unspecified atom stereocenters. The fourth-order valence-electron chi connectivity index (χ4n) is 1.79. The van der Waals surface area contributed by atoms with E-state index in [1.54, 1.807) is 25.1 Å². The third-order valence-corrected chi connectivity index (χ3v) is 5.26. The molecule has 0 saturated heterocycles. The molecule has 6 heteroatoms. The van der Waals surface area contributed by atoms with Gasteiger partial charge in [-0.2, -0.15) is 8.42 Å². The van der Waals surface area contributed by atoms with Gasteiger partial charge in [-0.1, -0.05) is 32.0 Å². The van der Waals surface area contributed by atoms with E-state index in [-0.39, 0.29) is 17.5 Å². The molecule has 0 aliphatic rings. The molecular formula is C16H24O5S. The maximum Gasteiger partial charge on any atom is 0.311 e. The molecular weight excluding hydrogens is 304 g/mol. The quantitative estimate of drug-likeness (QED) is 0.541. The molecule has 5 nitrogen and oxygen atoms in total. The summed E-state index contributed by atoms with van der Waals surface area (Å²) in [6.07, 6.45) is 0.590. The van der Waals surface area contributed by atoms with Gasteiger partial charge in [0.1, 0.15) is 12.7 Å². The summed E-state index contributed by atoms with van der Waals surface area (Å²) >= 11 is 0. The molecule has 0 aliphatic carbocycles. The molecule has 0 saturated carbocycles. The maximum absolute atomic E-state index is 12.0. The monoisotopic (exact) mass is 328 g/mol. The first-order chi connectivity index (χ1) is 10.2. The summed E-state index contributed by atoms with van der Waals surface area (Å²) in [4.78, 5) is 12.1. The van der Waals surface area contributed by atoms with Gasteiger partial charge in [0.25, 0.3) is 10.1 Å². The van der Waals surface area contributed by atoms with Crippen LogP contribution in [0.25, 0.3) is 0 Å². The van der Waals surface area contributed by atoms with Crippen molar-refractivity contribution >= 4 is 16.1 Å². The van der Waals surface area contributed by atoms with E-state index < -0.39 is 21.6 Å². The highest BCUT2D eigenvalue weighted by atomic mass is 32.2. The summed E-state index contributed by atoms with van der Waals surface area (Å²) in [6, 6.07) is 7.88. The Morgan fingerprint density at radius 2 is 1.73 bits per heavy atom. The van der Waals surface area contributed by atoms with E-state index in [0.29, 0.717) is 12.8 Å². The van der Waals surface area contributed by atoms with Gasteiger partial charge in [-0.25, -0.2) is 0 Å². The predicted octanol–water partition coefficient (Wildman–Crippen LogP) is 3.15. The smallest absolute Gasteiger partial charge is 0.311 e. The van der Waals surface area contributed by atoms with Crippen LogP contribution in [-0.2, 0) is 23.8 Å². The number of carbonyl (C=O) groups excluding carboxylic acids is 1. The van der Waals surface area contributed by atoms with Gasteiger partial charge >= 0.3 is 5.97 Å². The Kier molecular flexibility index (Phi) is 6.56. The standard InChI is InChI=1S/C16H24O5S/c1-5-16(4,6-2)15(17)20-12-13(3)21-22(18,19)14-10-8-7-9-11-14/h7-11,13H,5-6,12H2,1-4H3. The minimum Gasteiger partial charge on any atom is -0.462 e. The van der Waals surface area contributed by atoms with Crippen molar-refractivity contribution in [3.8, 4) is 0 Å². The summed E-state index contributed by atoms with van der Waals surface area (Å²) in [5, 5.41) is 0. The van der Waals surface area contributed by atoms with Gasteiger partial charge in [0.15, 0.2) is 0 Å². The van der Waals surface area contributed by atoms with E-state index in [9.17, 15) is 13.2 Å². The lowest BCUT2D eigenvalue weighted by Crippen LogP contribution is -2.31. The van der Waals surface area contributed by atoms with Gasteiger partial charge in [0.2, 0.25) is 0 Å². The highest BCUT2D eigenvalue weighted by molar-refractivity contribution is 7.86. The van der Waals surface area contributed by atoms with Gasteiger partial charge < -0.3 is 4.74 Å². The average Bonchev–Trinajstić information content (AvgIpc) is 2.52. The van der Waals surface area contributed by atoms with E-state index in [0.717, 1.165) is 0 Å². The number of hydrogen-bond donors (Lipinski definition) is 0. The molecule has 22 heavy (non-hydrogen) atoms. The molecule has 0 aromatic heterocycles. The molecule has 0 bridgehead atoms. The minimum atomic E-state index is -3.85. The largest absolute Gasteiger partial charge is 0.462 e. The van der Waals surface area contributed by atoms with Crippen molar-refractivity contribution in [1.29, 1.82) is 0 Å². The van der Waals surface area contributed by atoms with Gasteiger partial charge in [0, 0.05) is 0 Å². The van der Waals surface area contributed by atoms with Crippen LogP contribution in [0.3, 0.4) is 0 Å². The molecule has 0 aliphatic heterocycles. The van der Waals surface area contributed by atoms with Gasteiger partial charge in [-0.15, -0.1) is 0 Å². The molecule has 1 aromatic rings. The van der Waals surface area contributed by atoms with Crippen LogP contribution in [0.4, 0.5) is 0 Å². The summed E-state index contributed by atoms with van der Waals surface area (Å²) in [5.74, 6) is -0.329. The molecule has 0 heterocycles. The normalized spacial score (nSPS) is 13.6. The SMILES string of the molecule is CCC(C)(CC)C(=O)OCC(C)OS(=O)(=O)c1ccccc1. The van der Waals surface area contributed by atoms with Crippen LogP contribution in [0.15, 0.2) is 35.2 Å². The Bertz CT molecular complexity index is 576. The number of carbonyl (C=O) groups is 1. The lowest BCUT2D eigenvalue weighted by Gasteiger charge is -2.25. The second kappa shape index (κ2) is 7.74. The van der Waals surface area contributed by atoms with E-state index in [1.165, 1.54) is 12.1 Å². The minimum absolute atomic E-state index is 0.0835. The lowest BCUT2D eigenvalue weighted by molar-refractivity contribution is -0.157. The third kappa shape index (κ3) is 4.81. The summed E-state index contributed by atoms with van der Waals surface area (Å²) in [5.41, 5.74) is -0.544. The number of benzene rings is 1. The van der Waals surface area contributed by atoms with E-state index in [1.807, 2.05) is 20.8 Å². The summed E-state index contributed by atoms with van der Waals surface area (Å²) < 4.78 is 34.3. The molecule has 1 aromatic carbocycles. The third-order valence-electron chi connectivity index (χ3n) is 3.83. The second-order valence-electron chi connectivity index (χ2n) is 5.54. The van der Waals surface area contributed by atoms with Crippen molar-refractivity contribution in [1.82, 2.24) is 0 Å². The Hall–Kier alpha value is -1.40. The van der Waals surface area contributed by atoms with Crippen molar-refractivity contribution in [2.45, 2.75) is 51.5 Å². The fourth-order valence-corrected chi connectivity index (χ4v) is 2.88. The Morgan fingerprint density at radius 3 is 2.23 bits per heavy atom. The van der Waals surface area contributed by atoms with Crippen molar-refractivity contribution in [3.63, 3.8) is 0 Å². The van der Waals surface area contributed by atoms with Crippen LogP contribution in [0.1, 0.15) is 40.5 Å². The van der Waals surface area contributed by atoms with Gasteiger partial charge in [-0.3, -0.25) is 8.98 Å². The first kappa shape index (κ1) is 18.6. The highest BCUT2D eigenvalue weighted by Crippen LogP contribution is 2.27. The molecule has 0 spiro atoms. The van der Waals surface area contributed by atoms with Crippen molar-refractivity contribution < 1.29 is 22.1 Å². The van der Waals surface area contributed by atoms with Crippen LogP contribution in [0.2, 0.25) is 0 Å². The maximum atomic E-state index is 12.0. The number of rotatable bonds is 8. The Labute approximate surface area is 132 Å². The fraction of sp³-hybridized carbons (Fsp3) is 0.562. The number of ether oxygens (including phenoxy) is 1. The molecule has 0 N–H and O–H groups in total. The molecule has 124 valence electrons. The number of hydrogen-bond acceptors (Lipinski definition) is 5. The lowest BCUT2D eigenvalue weighted by atomic mass is 9.85. The first-order valence-electron chi connectivity index (χ1n) is 7.40. The molecule has 1 rings (SSSR count). The van der Waals surface area contributed by atoms with Crippen LogP contribution < -0.4 is 0 Å². The Morgan fingerprint density at radius 1 is 1.18 bits per heavy atom. The summed E-state index contributed by atoms with van der Waals surface area (Å²) in [7, 11) is -3.85. The molecule has 0 radical (unpaired) electrons. The van der Waals surface area contributed by atoms with E-state index in [2.05, 4.69) is 0 Å². The Balaban J connectivity index is 2.61. The molecule has 1 atom stereocenters. The van der Waals surface area contributed by atoms with Crippen molar-refractivity contribution in [2.75, 3.05) is 6.61 Å². The first-order valence-corrected chi connectivity index (χ1v) is 8.81. The highest BCUT2D eigenvalue weighted by Gasteiger charge is 2.31. The average molecular weight is 328 g/mol. The van der Waals surface area contributed by atoms with E-state index >= 15 is 0 Å². The number of esters is 1. The van der Waals surface area contributed by atoms with Crippen molar-refractivity contribution in [3.05, 3.63) is 30.3 Å². The van der Waals surface area contributed by atoms with Crippen molar-refractivity contribution in [2.24, 2.45) is 5.41 Å². The molecule has 0 amide bonds. The topological polar surface area (TPSA) is 69.7 Å². The zero-order valence-corrected chi connectivity index (χ0v) is 14.4. The predicted molar refractivity (Wildman–Crippen MR) is 83.8 cm³/mol. The zero-order valence-electron chi connectivity index (χ0n) is 13.5. The zero-order chi connectivity index (χ0) is 16.8.